The van der Waals surface area contributed by atoms with Gasteiger partial charge in [-0.1, -0.05) is 35.1 Å². The molecule has 0 bridgehead atoms. The summed E-state index contributed by atoms with van der Waals surface area (Å²) in [6.07, 6.45) is 23.2. The van der Waals surface area contributed by atoms with Crippen LogP contribution in [0.1, 0.15) is 174 Å². The maximum absolute atomic E-state index is 13.2. The monoisotopic (exact) mass is 1080 g/mol. The Bertz CT molecular complexity index is 2440. The summed E-state index contributed by atoms with van der Waals surface area (Å²) in [4.78, 5) is 52.1. The number of rotatable bonds is 4. The molecule has 4 heterocycles. The fourth-order valence-corrected chi connectivity index (χ4v) is 19.3. The van der Waals surface area contributed by atoms with Crippen LogP contribution in [0.4, 0.5) is 9.59 Å². The summed E-state index contributed by atoms with van der Waals surface area (Å²) in [5.74, 6) is 3.80. The van der Waals surface area contributed by atoms with E-state index in [1.165, 1.54) is 50.7 Å². The van der Waals surface area contributed by atoms with Gasteiger partial charge in [0.25, 0.3) is 0 Å². The van der Waals surface area contributed by atoms with Crippen molar-refractivity contribution in [2.75, 3.05) is 66.7 Å². The molecule has 0 aromatic carbocycles. The third-order valence-corrected chi connectivity index (χ3v) is 24.0. The Labute approximate surface area is 457 Å². The van der Waals surface area contributed by atoms with E-state index >= 15 is 0 Å². The van der Waals surface area contributed by atoms with Gasteiger partial charge in [-0.25, -0.2) is 14.4 Å². The van der Waals surface area contributed by atoms with Gasteiger partial charge in [-0.2, -0.15) is 0 Å². The number of nitrogens with zero attached hydrogens (tertiary/aromatic N) is 3. The summed E-state index contributed by atoms with van der Waals surface area (Å²) in [6, 6.07) is 8.02. The summed E-state index contributed by atoms with van der Waals surface area (Å²) < 4.78 is 20.9. The van der Waals surface area contributed by atoms with Crippen molar-refractivity contribution in [2.24, 2.45) is 57.2 Å². The molecule has 0 radical (unpaired) electrons. The molecule has 2 unspecified atom stereocenters. The van der Waals surface area contributed by atoms with Crippen LogP contribution in [0.5, 0.6) is 0 Å². The average Bonchev–Trinajstić information content (AvgIpc) is 3.99. The molecule has 3 amide bonds. The molecule has 14 nitrogen and oxygen atoms in total. The number of nitrogens with one attached hydrogen (secondary N) is 1. The molecule has 0 spiro atoms. The number of fused-ring (bicyclic) bond motifs is 10. The Kier molecular flexibility index (Phi) is 16.9. The van der Waals surface area contributed by atoms with Gasteiger partial charge in [0.05, 0.1) is 50.2 Å². The zero-order valence-electron chi connectivity index (χ0n) is 46.0. The van der Waals surface area contributed by atoms with Gasteiger partial charge in [0.15, 0.2) is 0 Å². The Hall–Kier alpha value is -3.27. The van der Waals surface area contributed by atoms with Crippen molar-refractivity contribution in [2.45, 2.75) is 186 Å². The lowest BCUT2D eigenvalue weighted by Gasteiger charge is -2.64. The first-order valence-electron chi connectivity index (χ1n) is 29.2. The molecule has 424 valence electrons. The Morgan fingerprint density at radius 2 is 1.07 bits per heavy atom. The highest BCUT2D eigenvalue weighted by molar-refractivity contribution is 6.62. The molecule has 12 rings (SSSR count). The molecule has 10 fully saturated rings. The minimum Gasteiger partial charge on any atom is -0.431 e. The lowest BCUT2D eigenvalue weighted by atomic mass is 9.43. The number of halogens is 1. The van der Waals surface area contributed by atoms with Gasteiger partial charge in [0, 0.05) is 68.3 Å². The topological polar surface area (TPSA) is 175 Å². The van der Waals surface area contributed by atoms with E-state index in [1.54, 1.807) is 17.4 Å². The zero-order chi connectivity index (χ0) is 53.1. The third-order valence-electron chi connectivity index (χ3n) is 23.7. The standard InChI is InChI=1S/C30H44N2O5.C25H37NO3.C5H8ClNO2.CH4/c1-28-11-8-22(31(3)27(34)32-14-16-36-17-15-32)18-21(28)5-6-25-24(28)9-12-29(2)23(10-13-30(25,29)35)20-4-7-26(33)37-19-20;1-23-11-8-18(26-3)14-17(23)5-6-21-20(23)9-12-24(2)19(10-13-25(21,24)28)16-4-7-22(27)29-15-16;6-5(8)7-1-3-9-4-2-7;/h4,7,19,21-25,35H,5-6,8-18H2,1-3H3;4,7,15,17-21,26,28H,5-6,8-14H2,1-3H3;1-4H2;1H4/t21-,22?,23-,24+,25-,28+,29-,30+;17-,18?,19-,20+,21-,23+,24-,25+;;/m11../s1. The fraction of sp³-hybridized carbons (Fsp3) is 0.803. The van der Waals surface area contributed by atoms with Crippen LogP contribution in [0.15, 0.2) is 55.2 Å². The molecular weight excluding hydrogens is 984 g/mol. The number of morpholine rings is 2. The first-order valence-corrected chi connectivity index (χ1v) is 29.6. The number of hydrogen-bond donors (Lipinski definition) is 3. The number of carbonyl (C=O) groups is 2. The lowest BCUT2D eigenvalue weighted by molar-refractivity contribution is -0.203. The second kappa shape index (κ2) is 22.3. The Morgan fingerprint density at radius 3 is 1.50 bits per heavy atom. The average molecular weight is 1080 g/mol. The Morgan fingerprint density at radius 1 is 0.605 bits per heavy atom. The van der Waals surface area contributed by atoms with Crippen molar-refractivity contribution in [1.29, 1.82) is 0 Å². The van der Waals surface area contributed by atoms with E-state index in [4.69, 9.17) is 29.9 Å². The van der Waals surface area contributed by atoms with Crippen LogP contribution in [0, 0.1) is 57.2 Å². The normalized spacial score (nSPS) is 42.3. The second-order valence-corrected chi connectivity index (χ2v) is 26.6. The van der Waals surface area contributed by atoms with Crippen molar-refractivity contribution in [3.05, 3.63) is 68.8 Å². The smallest absolute Gasteiger partial charge is 0.335 e. The van der Waals surface area contributed by atoms with Gasteiger partial charge >= 0.3 is 22.6 Å². The van der Waals surface area contributed by atoms with Gasteiger partial charge in [-0.3, -0.25) is 4.79 Å². The number of urea groups is 1. The van der Waals surface area contributed by atoms with E-state index in [0.717, 1.165) is 94.1 Å². The van der Waals surface area contributed by atoms with Gasteiger partial charge in [0.2, 0.25) is 0 Å². The molecule has 8 saturated carbocycles. The summed E-state index contributed by atoms with van der Waals surface area (Å²) in [7, 11) is 4.11. The quantitative estimate of drug-likeness (QED) is 0.196. The largest absolute Gasteiger partial charge is 0.431 e. The molecular formula is C61H93ClN4O10. The predicted molar refractivity (Wildman–Crippen MR) is 294 cm³/mol. The lowest BCUT2D eigenvalue weighted by Crippen LogP contribution is -2.62. The van der Waals surface area contributed by atoms with Crippen LogP contribution in [-0.2, 0) is 9.47 Å². The first kappa shape index (κ1) is 57.4. The van der Waals surface area contributed by atoms with Gasteiger partial charge in [0.1, 0.15) is 0 Å². The zero-order valence-corrected chi connectivity index (χ0v) is 46.8. The molecule has 3 N–H and O–H groups in total. The van der Waals surface area contributed by atoms with Crippen LogP contribution in [0.25, 0.3) is 0 Å². The molecule has 2 saturated heterocycles. The molecule has 10 aliphatic rings. The van der Waals surface area contributed by atoms with Crippen LogP contribution in [0.3, 0.4) is 0 Å². The van der Waals surface area contributed by atoms with Crippen molar-refractivity contribution < 1.29 is 38.1 Å². The summed E-state index contributed by atoms with van der Waals surface area (Å²) >= 11 is 5.19. The van der Waals surface area contributed by atoms with E-state index in [-0.39, 0.29) is 58.2 Å². The summed E-state index contributed by atoms with van der Waals surface area (Å²) in [6.45, 7) is 14.8. The van der Waals surface area contributed by atoms with Gasteiger partial charge in [-0.15, -0.1) is 0 Å². The van der Waals surface area contributed by atoms with E-state index in [9.17, 15) is 29.4 Å². The van der Waals surface area contributed by atoms with E-state index < -0.39 is 11.2 Å². The van der Waals surface area contributed by atoms with Crippen LogP contribution >= 0.6 is 11.6 Å². The van der Waals surface area contributed by atoms with Crippen LogP contribution in [0.2, 0.25) is 0 Å². The van der Waals surface area contributed by atoms with E-state index in [2.05, 4.69) is 40.1 Å². The fourth-order valence-electron chi connectivity index (χ4n) is 19.1. The van der Waals surface area contributed by atoms with Gasteiger partial charge in [-0.05, 0) is 216 Å². The molecule has 2 aromatic rings. The molecule has 76 heavy (non-hydrogen) atoms. The summed E-state index contributed by atoms with van der Waals surface area (Å²) in [5, 5.41) is 27.9. The number of ether oxygens (including phenoxy) is 2. The maximum atomic E-state index is 13.2. The van der Waals surface area contributed by atoms with Crippen LogP contribution < -0.4 is 16.6 Å². The summed E-state index contributed by atoms with van der Waals surface area (Å²) in [5.41, 5.74) is 0.556. The maximum Gasteiger partial charge on any atom is 0.335 e. The highest BCUT2D eigenvalue weighted by Crippen LogP contribution is 2.72. The number of amides is 3. The highest BCUT2D eigenvalue weighted by Gasteiger charge is 2.69. The third kappa shape index (κ3) is 9.86. The SMILES string of the molecule is C.CN(C(=O)N1CCOCC1)C1CC[C@@]2(C)[C@H](CC[C@@H]3[C@@H]2CC[C@]2(C)[C@@H](c4ccc(=O)oc4)CC[C@]32O)C1.CNC1CC[C@@]2(C)[C@H](CC[C@@H]3[C@@H]2CC[C@]2(C)[C@@H](c4ccc(=O)oc4)CC[C@]32O)C1.O=C(Cl)N1CCOCC1. The Balaban J connectivity index is 0.000000161. The number of aliphatic hydroxyl groups is 2. The molecule has 2 aliphatic heterocycles. The first-order chi connectivity index (χ1) is 35.8. The molecule has 8 aliphatic carbocycles. The number of hydrogen-bond acceptors (Lipinski definition) is 11. The van der Waals surface area contributed by atoms with Crippen molar-refractivity contribution in [1.82, 2.24) is 20.0 Å². The van der Waals surface area contributed by atoms with Crippen molar-refractivity contribution in [3.63, 3.8) is 0 Å². The van der Waals surface area contributed by atoms with Crippen LogP contribution in [-0.4, -0.2) is 126 Å². The van der Waals surface area contributed by atoms with E-state index in [0.29, 0.717) is 99.7 Å². The second-order valence-electron chi connectivity index (χ2n) is 26.2. The highest BCUT2D eigenvalue weighted by atomic mass is 35.5. The van der Waals surface area contributed by atoms with E-state index in [1.807, 2.05) is 29.0 Å². The number of carbonyl (C=O) groups excluding carboxylic acids is 2. The van der Waals surface area contributed by atoms with Crippen molar-refractivity contribution in [3.8, 4) is 0 Å². The molecule has 2 aromatic heterocycles. The minimum absolute atomic E-state index is 0. The minimum atomic E-state index is -0.676. The van der Waals surface area contributed by atoms with Crippen molar-refractivity contribution >= 4 is 23.0 Å². The molecule has 16 atom stereocenters. The molecule has 15 heteroatoms. The predicted octanol–water partition coefficient (Wildman–Crippen LogP) is 10.4. The van der Waals surface area contributed by atoms with Gasteiger partial charge < -0.3 is 48.5 Å².